The van der Waals surface area contributed by atoms with E-state index in [4.69, 9.17) is 10.00 Å². The van der Waals surface area contributed by atoms with Gasteiger partial charge >= 0.3 is 0 Å². The molecular weight excluding hydrogens is 397 g/mol. The molecule has 2 atom stereocenters. The van der Waals surface area contributed by atoms with E-state index in [0.29, 0.717) is 42.9 Å². The van der Waals surface area contributed by atoms with Gasteiger partial charge in [0.15, 0.2) is 5.60 Å². The van der Waals surface area contributed by atoms with Crippen LogP contribution in [0.2, 0.25) is 0 Å². The van der Waals surface area contributed by atoms with E-state index in [0.717, 1.165) is 24.2 Å². The fourth-order valence-electron chi connectivity index (χ4n) is 5.01. The third-order valence-corrected chi connectivity index (χ3v) is 6.84. The second kappa shape index (κ2) is 7.27. The highest BCUT2D eigenvalue weighted by molar-refractivity contribution is 5.88. The van der Waals surface area contributed by atoms with E-state index in [2.05, 4.69) is 20.9 Å². The van der Waals surface area contributed by atoms with Gasteiger partial charge in [-0.1, -0.05) is 0 Å². The summed E-state index contributed by atoms with van der Waals surface area (Å²) in [6.07, 6.45) is 4.05. The Hall–Kier alpha value is -3.05. The van der Waals surface area contributed by atoms with Crippen molar-refractivity contribution in [3.05, 3.63) is 52.7 Å². The van der Waals surface area contributed by atoms with Crippen LogP contribution in [0.15, 0.2) is 24.4 Å². The molecule has 3 aliphatic heterocycles. The van der Waals surface area contributed by atoms with Crippen LogP contribution in [-0.4, -0.2) is 45.7 Å². The molecule has 2 aromatic heterocycles. The van der Waals surface area contributed by atoms with Crippen LogP contribution in [0.1, 0.15) is 54.2 Å². The number of aryl methyl sites for hydroxylation is 2. The monoisotopic (exact) mass is 421 g/mol. The molecule has 1 amide bonds. The van der Waals surface area contributed by atoms with Crippen LogP contribution < -0.4 is 4.90 Å². The van der Waals surface area contributed by atoms with Gasteiger partial charge in [-0.15, -0.1) is 0 Å². The van der Waals surface area contributed by atoms with Crippen molar-refractivity contribution in [3.8, 4) is 6.07 Å². The predicted molar refractivity (Wildman–Crippen MR) is 110 cm³/mol. The minimum atomic E-state index is -0.821. The molecule has 2 unspecified atom stereocenters. The van der Waals surface area contributed by atoms with Crippen molar-refractivity contribution in [3.63, 3.8) is 0 Å². The molecule has 1 spiro atoms. The van der Waals surface area contributed by atoms with Crippen molar-refractivity contribution in [2.75, 3.05) is 18.0 Å². The number of piperidine rings is 1. The average molecular weight is 421 g/mol. The molecule has 160 valence electrons. The number of ether oxygens (including phenoxy) is 1. The first-order chi connectivity index (χ1) is 14.9. The topological polar surface area (TPSA) is 82.3 Å². The van der Waals surface area contributed by atoms with Crippen molar-refractivity contribution in [1.82, 2.24) is 14.9 Å². The zero-order valence-corrected chi connectivity index (χ0v) is 17.6. The zero-order valence-electron chi connectivity index (χ0n) is 17.6. The Morgan fingerprint density at radius 1 is 1.23 bits per heavy atom. The number of fused-ring (bicyclic) bond motifs is 1. The van der Waals surface area contributed by atoms with Gasteiger partial charge in [0.2, 0.25) is 0 Å². The Morgan fingerprint density at radius 3 is 2.68 bits per heavy atom. The van der Waals surface area contributed by atoms with E-state index >= 15 is 0 Å². The van der Waals surface area contributed by atoms with E-state index in [9.17, 15) is 9.18 Å². The molecule has 0 saturated carbocycles. The molecule has 0 radical (unpaired) electrons. The number of anilines is 1. The second-order valence-electron chi connectivity index (χ2n) is 8.61. The highest BCUT2D eigenvalue weighted by Crippen LogP contribution is 2.47. The van der Waals surface area contributed by atoms with Gasteiger partial charge in [0, 0.05) is 32.1 Å². The number of halogens is 1. The van der Waals surface area contributed by atoms with Crippen molar-refractivity contribution >= 4 is 11.7 Å². The van der Waals surface area contributed by atoms with Gasteiger partial charge in [-0.05, 0) is 50.5 Å². The molecule has 8 heteroatoms. The normalized spacial score (nSPS) is 24.5. The minimum Gasteiger partial charge on any atom is -0.356 e. The fraction of sp³-hybridized carbons (Fsp3) is 0.478. The quantitative estimate of drug-likeness (QED) is 0.741. The fourth-order valence-corrected chi connectivity index (χ4v) is 5.01. The summed E-state index contributed by atoms with van der Waals surface area (Å²) in [6.45, 7) is 4.76. The lowest BCUT2D eigenvalue weighted by Crippen LogP contribution is -2.50. The molecule has 7 nitrogen and oxygen atoms in total. The summed E-state index contributed by atoms with van der Waals surface area (Å²) in [5, 5.41) is 9.11. The summed E-state index contributed by atoms with van der Waals surface area (Å²) in [5.41, 5.74) is 1.54. The first kappa shape index (κ1) is 19.9. The number of hydrogen-bond donors (Lipinski definition) is 0. The summed E-state index contributed by atoms with van der Waals surface area (Å²) in [6, 6.07) is 7.08. The predicted octanol–water partition coefficient (Wildman–Crippen LogP) is 3.16. The van der Waals surface area contributed by atoms with E-state index in [1.807, 2.05) is 17.9 Å². The van der Waals surface area contributed by atoms with Gasteiger partial charge in [-0.2, -0.15) is 5.26 Å². The Balaban J connectivity index is 1.33. The number of amides is 1. The molecule has 3 saturated heterocycles. The second-order valence-corrected chi connectivity index (χ2v) is 8.61. The molecule has 31 heavy (non-hydrogen) atoms. The summed E-state index contributed by atoms with van der Waals surface area (Å²) < 4.78 is 20.4. The first-order valence-electron chi connectivity index (χ1n) is 10.7. The van der Waals surface area contributed by atoms with Gasteiger partial charge in [0.25, 0.3) is 5.91 Å². The molecule has 0 N–H and O–H groups in total. The lowest BCUT2D eigenvalue weighted by molar-refractivity contribution is -0.140. The largest absolute Gasteiger partial charge is 0.356 e. The van der Waals surface area contributed by atoms with Crippen molar-refractivity contribution < 1.29 is 13.9 Å². The first-order valence-corrected chi connectivity index (χ1v) is 10.7. The maximum absolute atomic E-state index is 14.1. The molecule has 0 aromatic carbocycles. The summed E-state index contributed by atoms with van der Waals surface area (Å²) in [7, 11) is 0. The van der Waals surface area contributed by atoms with E-state index in [1.165, 1.54) is 6.07 Å². The highest BCUT2D eigenvalue weighted by Gasteiger charge is 2.58. The molecule has 5 heterocycles. The van der Waals surface area contributed by atoms with Crippen LogP contribution in [-0.2, 0) is 9.53 Å². The molecule has 0 aliphatic carbocycles. The maximum Gasteiger partial charge on any atom is 0.257 e. The van der Waals surface area contributed by atoms with Crippen molar-refractivity contribution in [1.29, 1.82) is 5.26 Å². The molecule has 2 aromatic rings. The van der Waals surface area contributed by atoms with Gasteiger partial charge in [-0.25, -0.2) is 9.37 Å². The lowest BCUT2D eigenvalue weighted by atomic mass is 9.89. The van der Waals surface area contributed by atoms with E-state index in [-0.39, 0.29) is 24.0 Å². The zero-order chi connectivity index (χ0) is 21.8. The Bertz CT molecular complexity index is 1090. The average Bonchev–Trinajstić information content (AvgIpc) is 3.29. The Morgan fingerprint density at radius 2 is 2.00 bits per heavy atom. The molecule has 5 rings (SSSR count). The van der Waals surface area contributed by atoms with Gasteiger partial charge < -0.3 is 14.5 Å². The molecule has 3 fully saturated rings. The smallest absolute Gasteiger partial charge is 0.257 e. The summed E-state index contributed by atoms with van der Waals surface area (Å²) >= 11 is 0. The third kappa shape index (κ3) is 3.15. The summed E-state index contributed by atoms with van der Waals surface area (Å²) in [4.78, 5) is 26.1. The highest BCUT2D eigenvalue weighted by atomic mass is 19.1. The number of pyridine rings is 2. The van der Waals surface area contributed by atoms with Crippen molar-refractivity contribution in [2.45, 2.75) is 57.4 Å². The van der Waals surface area contributed by atoms with E-state index < -0.39 is 5.60 Å². The van der Waals surface area contributed by atoms with Gasteiger partial charge in [0.05, 0.1) is 23.0 Å². The molecule has 0 bridgehead atoms. The van der Waals surface area contributed by atoms with Crippen molar-refractivity contribution in [2.24, 2.45) is 0 Å². The number of aromatic nitrogens is 2. The standard InChI is InChI=1S/C23H24FN5O2/c1-14-16(12-25)3-5-20(27-14)28-9-7-23(8-10-28)22(30)29-19(4-6-21(29)31-23)17-11-18(24)15(2)26-13-17/h3,5,11,13,19,21H,4,6-10H2,1-2H3. The Labute approximate surface area is 180 Å². The van der Waals surface area contributed by atoms with Crippen LogP contribution in [0.3, 0.4) is 0 Å². The van der Waals surface area contributed by atoms with Crippen LogP contribution >= 0.6 is 0 Å². The van der Waals surface area contributed by atoms with E-state index in [1.54, 1.807) is 19.2 Å². The minimum absolute atomic E-state index is 0.00426. The maximum atomic E-state index is 14.1. The SMILES string of the molecule is Cc1ncc(C2CCC3OC4(CCN(c5ccc(C#N)c(C)n5)CC4)C(=O)N32)cc1F. The molecular formula is C23H24FN5O2. The number of hydrogen-bond acceptors (Lipinski definition) is 6. The van der Waals surface area contributed by atoms with Gasteiger partial charge in [0.1, 0.15) is 23.9 Å². The number of carbonyl (C=O) groups excluding carboxylic acids is 1. The van der Waals surface area contributed by atoms with Crippen LogP contribution in [0, 0.1) is 31.0 Å². The summed E-state index contributed by atoms with van der Waals surface area (Å²) in [5.74, 6) is 0.475. The molecule has 3 aliphatic rings. The Kier molecular flexibility index (Phi) is 4.67. The van der Waals surface area contributed by atoms with Crippen LogP contribution in [0.25, 0.3) is 0 Å². The number of nitrogens with zero attached hydrogens (tertiary/aromatic N) is 5. The van der Waals surface area contributed by atoms with Crippen LogP contribution in [0.5, 0.6) is 0 Å². The number of rotatable bonds is 2. The van der Waals surface area contributed by atoms with Crippen LogP contribution in [0.4, 0.5) is 10.2 Å². The number of nitriles is 1. The lowest BCUT2D eigenvalue weighted by Gasteiger charge is -2.38. The van der Waals surface area contributed by atoms with Gasteiger partial charge in [-0.3, -0.25) is 9.78 Å². The number of carbonyl (C=O) groups is 1. The third-order valence-electron chi connectivity index (χ3n) is 6.84.